The number of ether oxygens (including phenoxy) is 1. The SMILES string of the molecule is CCc1ccccc1Oc1ccc(C2CCN(C=O)C2)c(C(=O)O)c1. The highest BCUT2D eigenvalue weighted by atomic mass is 16.5. The van der Waals surface area contributed by atoms with Crippen molar-refractivity contribution in [2.75, 3.05) is 13.1 Å². The van der Waals surface area contributed by atoms with Gasteiger partial charge in [-0.25, -0.2) is 4.79 Å². The van der Waals surface area contributed by atoms with Crippen LogP contribution in [0, 0.1) is 0 Å². The molecule has 5 nitrogen and oxygen atoms in total. The predicted molar refractivity (Wildman–Crippen MR) is 94.3 cm³/mol. The quantitative estimate of drug-likeness (QED) is 0.815. The first kappa shape index (κ1) is 17.0. The average molecular weight is 339 g/mol. The third-order valence-electron chi connectivity index (χ3n) is 4.65. The monoisotopic (exact) mass is 339 g/mol. The number of hydrogen-bond donors (Lipinski definition) is 1. The fraction of sp³-hybridized carbons (Fsp3) is 0.300. The van der Waals surface area contributed by atoms with Crippen molar-refractivity contribution >= 4 is 12.4 Å². The summed E-state index contributed by atoms with van der Waals surface area (Å²) in [4.78, 5) is 24.3. The maximum absolute atomic E-state index is 11.7. The summed E-state index contributed by atoms with van der Waals surface area (Å²) < 4.78 is 5.92. The Balaban J connectivity index is 1.89. The van der Waals surface area contributed by atoms with E-state index in [1.807, 2.05) is 37.3 Å². The Morgan fingerprint density at radius 2 is 2.12 bits per heavy atom. The molecule has 1 N–H and O–H groups in total. The highest BCUT2D eigenvalue weighted by Crippen LogP contribution is 2.33. The Morgan fingerprint density at radius 3 is 2.80 bits per heavy atom. The summed E-state index contributed by atoms with van der Waals surface area (Å²) in [5, 5.41) is 9.60. The van der Waals surface area contributed by atoms with E-state index < -0.39 is 5.97 Å². The van der Waals surface area contributed by atoms with Crippen LogP contribution in [0.5, 0.6) is 11.5 Å². The maximum Gasteiger partial charge on any atom is 0.336 e. The minimum atomic E-state index is -0.978. The zero-order valence-corrected chi connectivity index (χ0v) is 14.1. The second kappa shape index (κ2) is 7.38. The molecule has 1 saturated heterocycles. The number of amides is 1. The molecule has 2 aromatic carbocycles. The van der Waals surface area contributed by atoms with Crippen molar-refractivity contribution in [3.8, 4) is 11.5 Å². The van der Waals surface area contributed by atoms with Crippen LogP contribution in [0.3, 0.4) is 0 Å². The second-order valence-electron chi connectivity index (χ2n) is 6.20. The van der Waals surface area contributed by atoms with Crippen molar-refractivity contribution in [3.63, 3.8) is 0 Å². The van der Waals surface area contributed by atoms with Crippen LogP contribution in [0.1, 0.15) is 40.7 Å². The fourth-order valence-electron chi connectivity index (χ4n) is 3.30. The number of benzene rings is 2. The molecule has 25 heavy (non-hydrogen) atoms. The van der Waals surface area contributed by atoms with Gasteiger partial charge in [-0.3, -0.25) is 4.79 Å². The van der Waals surface area contributed by atoms with Crippen molar-refractivity contribution in [2.45, 2.75) is 25.7 Å². The van der Waals surface area contributed by atoms with E-state index in [1.165, 1.54) is 0 Å². The van der Waals surface area contributed by atoms with Crippen LogP contribution in [0.2, 0.25) is 0 Å². The molecule has 130 valence electrons. The van der Waals surface area contributed by atoms with Gasteiger partial charge < -0.3 is 14.7 Å². The van der Waals surface area contributed by atoms with Crippen LogP contribution in [0.4, 0.5) is 0 Å². The number of carbonyl (C=O) groups is 2. The van der Waals surface area contributed by atoms with Crippen molar-refractivity contribution in [1.29, 1.82) is 0 Å². The van der Waals surface area contributed by atoms with E-state index in [-0.39, 0.29) is 11.5 Å². The normalized spacial score (nSPS) is 16.7. The third-order valence-corrected chi connectivity index (χ3v) is 4.65. The number of carboxylic acids is 1. The predicted octanol–water partition coefficient (Wildman–Crippen LogP) is 3.69. The number of carbonyl (C=O) groups excluding carboxylic acids is 1. The Bertz CT molecular complexity index is 787. The lowest BCUT2D eigenvalue weighted by molar-refractivity contribution is -0.117. The molecule has 1 atom stereocenters. The van der Waals surface area contributed by atoms with Crippen LogP contribution < -0.4 is 4.74 Å². The van der Waals surface area contributed by atoms with Crippen molar-refractivity contribution in [1.82, 2.24) is 4.90 Å². The number of likely N-dealkylation sites (tertiary alicyclic amines) is 1. The largest absolute Gasteiger partial charge is 0.478 e. The van der Waals surface area contributed by atoms with E-state index >= 15 is 0 Å². The minimum absolute atomic E-state index is 0.0493. The molecular formula is C20H21NO4. The molecule has 1 aliphatic heterocycles. The van der Waals surface area contributed by atoms with E-state index in [0.717, 1.165) is 36.1 Å². The topological polar surface area (TPSA) is 66.8 Å². The van der Waals surface area contributed by atoms with Crippen LogP contribution in [-0.2, 0) is 11.2 Å². The Hall–Kier alpha value is -2.82. The summed E-state index contributed by atoms with van der Waals surface area (Å²) in [7, 11) is 0. The first-order valence-electron chi connectivity index (χ1n) is 8.44. The molecule has 0 aromatic heterocycles. The van der Waals surface area contributed by atoms with Crippen molar-refractivity contribution in [3.05, 3.63) is 59.2 Å². The van der Waals surface area contributed by atoms with Gasteiger partial charge in [-0.15, -0.1) is 0 Å². The van der Waals surface area contributed by atoms with E-state index in [9.17, 15) is 14.7 Å². The van der Waals surface area contributed by atoms with E-state index in [2.05, 4.69) is 0 Å². The lowest BCUT2D eigenvalue weighted by Gasteiger charge is -2.16. The molecule has 0 spiro atoms. The fourth-order valence-corrected chi connectivity index (χ4v) is 3.30. The zero-order chi connectivity index (χ0) is 17.8. The molecule has 1 aliphatic rings. The zero-order valence-electron chi connectivity index (χ0n) is 14.1. The van der Waals surface area contributed by atoms with Crippen molar-refractivity contribution < 1.29 is 19.4 Å². The molecule has 1 heterocycles. The van der Waals surface area contributed by atoms with Crippen LogP contribution >= 0.6 is 0 Å². The van der Waals surface area contributed by atoms with E-state index in [0.29, 0.717) is 18.8 Å². The molecule has 1 amide bonds. The number of aryl methyl sites for hydroxylation is 1. The highest BCUT2D eigenvalue weighted by molar-refractivity contribution is 5.90. The summed E-state index contributed by atoms with van der Waals surface area (Å²) in [6.07, 6.45) is 2.43. The lowest BCUT2D eigenvalue weighted by Crippen LogP contribution is -2.18. The number of hydrogen-bond acceptors (Lipinski definition) is 3. The number of nitrogens with zero attached hydrogens (tertiary/aromatic N) is 1. The summed E-state index contributed by atoms with van der Waals surface area (Å²) in [6.45, 7) is 3.27. The van der Waals surface area contributed by atoms with Gasteiger partial charge in [0.2, 0.25) is 6.41 Å². The molecule has 1 fully saturated rings. The summed E-state index contributed by atoms with van der Waals surface area (Å²) in [6, 6.07) is 12.9. The molecule has 5 heteroatoms. The molecule has 0 radical (unpaired) electrons. The van der Waals surface area contributed by atoms with Gasteiger partial charge in [0.1, 0.15) is 11.5 Å². The molecule has 1 unspecified atom stereocenters. The number of rotatable bonds is 6. The standard InChI is InChI=1S/C20H21NO4/c1-2-14-5-3-4-6-19(14)25-16-7-8-17(18(11-16)20(23)24)15-9-10-21(12-15)13-22/h3-8,11,13,15H,2,9-10,12H2,1H3,(H,23,24). The number of carboxylic acid groups (broad SMARTS) is 1. The van der Waals surface area contributed by atoms with Gasteiger partial charge in [0.15, 0.2) is 0 Å². The maximum atomic E-state index is 11.7. The van der Waals surface area contributed by atoms with Crippen LogP contribution in [-0.4, -0.2) is 35.5 Å². The molecule has 2 aromatic rings. The summed E-state index contributed by atoms with van der Waals surface area (Å²) in [5.74, 6) is 0.316. The number of aromatic carboxylic acids is 1. The van der Waals surface area contributed by atoms with E-state index in [4.69, 9.17) is 4.74 Å². The molecule has 0 aliphatic carbocycles. The third kappa shape index (κ3) is 3.65. The van der Waals surface area contributed by atoms with Crippen molar-refractivity contribution in [2.24, 2.45) is 0 Å². The molecular weight excluding hydrogens is 318 g/mol. The van der Waals surface area contributed by atoms with Gasteiger partial charge in [0.05, 0.1) is 5.56 Å². The van der Waals surface area contributed by atoms with E-state index in [1.54, 1.807) is 17.0 Å². The molecule has 0 saturated carbocycles. The summed E-state index contributed by atoms with van der Waals surface area (Å²) in [5.41, 5.74) is 2.07. The first-order chi connectivity index (χ1) is 12.1. The van der Waals surface area contributed by atoms with Gasteiger partial charge in [0, 0.05) is 19.0 Å². The smallest absolute Gasteiger partial charge is 0.336 e. The summed E-state index contributed by atoms with van der Waals surface area (Å²) >= 11 is 0. The van der Waals surface area contributed by atoms with Crippen LogP contribution in [0.15, 0.2) is 42.5 Å². The van der Waals surface area contributed by atoms with Crippen LogP contribution in [0.25, 0.3) is 0 Å². The van der Waals surface area contributed by atoms with Gasteiger partial charge in [-0.2, -0.15) is 0 Å². The van der Waals surface area contributed by atoms with Gasteiger partial charge in [0.25, 0.3) is 0 Å². The van der Waals surface area contributed by atoms with Gasteiger partial charge in [-0.05, 0) is 42.2 Å². The lowest BCUT2D eigenvalue weighted by atomic mass is 9.93. The van der Waals surface area contributed by atoms with Gasteiger partial charge in [-0.1, -0.05) is 31.2 Å². The molecule has 3 rings (SSSR count). The Labute approximate surface area is 146 Å². The Morgan fingerprint density at radius 1 is 1.32 bits per heavy atom. The first-order valence-corrected chi connectivity index (χ1v) is 8.44. The number of para-hydroxylation sites is 1. The van der Waals surface area contributed by atoms with Gasteiger partial charge >= 0.3 is 5.97 Å². The highest BCUT2D eigenvalue weighted by Gasteiger charge is 2.26. The minimum Gasteiger partial charge on any atom is -0.478 e. The molecule has 0 bridgehead atoms. The average Bonchev–Trinajstić information content (AvgIpc) is 3.11. The second-order valence-corrected chi connectivity index (χ2v) is 6.20. The Kier molecular flexibility index (Phi) is 5.03.